The fourth-order valence-electron chi connectivity index (χ4n) is 5.68. The van der Waals surface area contributed by atoms with Crippen LogP contribution in [0.2, 0.25) is 0 Å². The number of aromatic nitrogens is 2. The lowest BCUT2D eigenvalue weighted by molar-refractivity contribution is 0.479. The Balaban J connectivity index is 1.50. The average Bonchev–Trinajstić information content (AvgIpc) is 2.97. The molecule has 1 N–H and O–H groups in total. The largest absolute Gasteiger partial charge is 0.507 e. The smallest absolute Gasteiger partial charge is 0.134 e. The van der Waals surface area contributed by atoms with Gasteiger partial charge in [0.1, 0.15) is 5.75 Å². The Morgan fingerprint density at radius 3 is 1.26 bits per heavy atom. The lowest BCUT2D eigenvalue weighted by Gasteiger charge is -2.12. The van der Waals surface area contributed by atoms with Gasteiger partial charge in [-0.2, -0.15) is 0 Å². The fourth-order valence-corrected chi connectivity index (χ4v) is 5.68. The molecule has 5 aromatic rings. The van der Waals surface area contributed by atoms with Gasteiger partial charge >= 0.3 is 0 Å². The lowest BCUT2D eigenvalue weighted by atomic mass is 10.0. The number of aliphatic imine (C=N–C) groups is 2. The third kappa shape index (κ3) is 6.31. The molecule has 2 heterocycles. The molecule has 2 aromatic heterocycles. The van der Waals surface area contributed by atoms with Crippen LogP contribution in [0.1, 0.15) is 58.6 Å². The van der Waals surface area contributed by atoms with Crippen molar-refractivity contribution in [2.45, 2.75) is 55.4 Å². The Labute approximate surface area is 254 Å². The molecule has 0 unspecified atom stereocenters. The van der Waals surface area contributed by atoms with Gasteiger partial charge in [0.25, 0.3) is 0 Å². The number of aromatic hydroxyl groups is 1. The van der Waals surface area contributed by atoms with Crippen LogP contribution in [0, 0.1) is 41.5 Å². The van der Waals surface area contributed by atoms with Crippen molar-refractivity contribution in [1.82, 2.24) is 9.97 Å². The van der Waals surface area contributed by atoms with Crippen LogP contribution >= 0.6 is 0 Å². The standard InChI is InChI=1S/C38H38N4O/c1-22-18-24(3)36(25(4)19-22)39-28(7)32-14-10-16-34(41-32)30-12-9-13-31(38(30)43)35-17-11-15-33(42-35)29(8)40-37-26(5)20-23(2)21-27(37)6/h9-21,43H,1-8H3. The van der Waals surface area contributed by atoms with E-state index in [1.54, 1.807) is 0 Å². The Hall–Kier alpha value is -4.90. The van der Waals surface area contributed by atoms with Crippen molar-refractivity contribution in [1.29, 1.82) is 0 Å². The predicted octanol–water partition coefficient (Wildman–Crippen LogP) is 9.65. The number of phenols is 1. The topological polar surface area (TPSA) is 70.7 Å². The minimum atomic E-state index is 0.136. The second-order valence-electron chi connectivity index (χ2n) is 11.4. The fraction of sp³-hybridized carbons (Fsp3) is 0.211. The number of rotatable bonds is 6. The Morgan fingerprint density at radius 1 is 0.535 bits per heavy atom. The van der Waals surface area contributed by atoms with Crippen LogP contribution in [0.5, 0.6) is 5.75 Å². The molecular formula is C38H38N4O. The van der Waals surface area contributed by atoms with Crippen LogP contribution in [0.4, 0.5) is 11.4 Å². The summed E-state index contributed by atoms with van der Waals surface area (Å²) in [6, 6.07) is 25.9. The maximum Gasteiger partial charge on any atom is 0.134 e. The van der Waals surface area contributed by atoms with Gasteiger partial charge in [-0.3, -0.25) is 9.98 Å². The average molecular weight is 567 g/mol. The van der Waals surface area contributed by atoms with Crippen LogP contribution in [0.3, 0.4) is 0 Å². The summed E-state index contributed by atoms with van der Waals surface area (Å²) in [5.41, 5.74) is 14.7. The van der Waals surface area contributed by atoms with E-state index in [4.69, 9.17) is 20.0 Å². The van der Waals surface area contributed by atoms with Crippen LogP contribution in [-0.2, 0) is 0 Å². The summed E-state index contributed by atoms with van der Waals surface area (Å²) >= 11 is 0. The van der Waals surface area contributed by atoms with Crippen molar-refractivity contribution in [3.63, 3.8) is 0 Å². The van der Waals surface area contributed by atoms with Gasteiger partial charge in [0.05, 0.1) is 45.6 Å². The second-order valence-corrected chi connectivity index (χ2v) is 11.4. The molecule has 3 aromatic carbocycles. The summed E-state index contributed by atoms with van der Waals surface area (Å²) in [6.07, 6.45) is 0. The minimum absolute atomic E-state index is 0.136. The Bertz CT molecular complexity index is 1730. The van der Waals surface area contributed by atoms with Gasteiger partial charge in [0, 0.05) is 11.1 Å². The molecule has 0 radical (unpaired) electrons. The van der Waals surface area contributed by atoms with Crippen LogP contribution in [0.25, 0.3) is 22.5 Å². The highest BCUT2D eigenvalue weighted by atomic mass is 16.3. The van der Waals surface area contributed by atoms with Crippen LogP contribution in [0.15, 0.2) is 88.8 Å². The zero-order valence-corrected chi connectivity index (χ0v) is 26.2. The van der Waals surface area contributed by atoms with Gasteiger partial charge in [0.2, 0.25) is 0 Å². The van der Waals surface area contributed by atoms with Crippen molar-refractivity contribution in [2.24, 2.45) is 9.98 Å². The summed E-state index contributed by atoms with van der Waals surface area (Å²) in [5, 5.41) is 11.5. The zero-order valence-electron chi connectivity index (χ0n) is 26.2. The van der Waals surface area contributed by atoms with E-state index in [2.05, 4.69) is 65.8 Å². The van der Waals surface area contributed by atoms with Crippen LogP contribution in [-0.4, -0.2) is 26.5 Å². The molecule has 216 valence electrons. The normalized spacial score (nSPS) is 12.1. The second kappa shape index (κ2) is 12.1. The van der Waals surface area contributed by atoms with E-state index in [1.165, 1.54) is 11.1 Å². The van der Waals surface area contributed by atoms with E-state index < -0.39 is 0 Å². The number of aryl methyl sites for hydroxylation is 6. The van der Waals surface area contributed by atoms with E-state index in [1.807, 2.05) is 68.4 Å². The summed E-state index contributed by atoms with van der Waals surface area (Å²) in [6.45, 7) is 16.5. The molecule has 0 atom stereocenters. The van der Waals surface area contributed by atoms with Crippen molar-refractivity contribution in [3.8, 4) is 28.3 Å². The Morgan fingerprint density at radius 2 is 0.884 bits per heavy atom. The molecule has 0 aliphatic carbocycles. The molecule has 5 heteroatoms. The number of benzene rings is 3. The molecule has 5 nitrogen and oxygen atoms in total. The van der Waals surface area contributed by atoms with E-state index in [-0.39, 0.29) is 5.75 Å². The predicted molar refractivity (Wildman–Crippen MR) is 180 cm³/mol. The van der Waals surface area contributed by atoms with Crippen molar-refractivity contribution < 1.29 is 5.11 Å². The molecule has 0 fully saturated rings. The SMILES string of the molecule is CC(=Nc1c(C)cc(C)cc1C)c1cccc(-c2cccc(-c3cccc(C(C)=Nc4c(C)cc(C)cc4C)n3)c2O)n1. The summed E-state index contributed by atoms with van der Waals surface area (Å²) < 4.78 is 0. The number of nitrogens with zero attached hydrogens (tertiary/aromatic N) is 4. The molecule has 0 bridgehead atoms. The lowest BCUT2D eigenvalue weighted by Crippen LogP contribution is -2.01. The van der Waals surface area contributed by atoms with Gasteiger partial charge < -0.3 is 5.11 Å². The van der Waals surface area contributed by atoms with Crippen molar-refractivity contribution in [3.05, 3.63) is 124 Å². The number of hydrogen-bond donors (Lipinski definition) is 1. The highest BCUT2D eigenvalue weighted by molar-refractivity contribution is 6.00. The first-order valence-electron chi connectivity index (χ1n) is 14.6. The molecule has 0 amide bonds. The molecule has 0 spiro atoms. The number of pyridine rings is 2. The highest BCUT2D eigenvalue weighted by Crippen LogP contribution is 2.37. The molecular weight excluding hydrogens is 528 g/mol. The number of hydrogen-bond acceptors (Lipinski definition) is 5. The van der Waals surface area contributed by atoms with E-state index >= 15 is 0 Å². The summed E-state index contributed by atoms with van der Waals surface area (Å²) in [5.74, 6) is 0.136. The molecule has 0 aliphatic heterocycles. The minimum Gasteiger partial charge on any atom is -0.507 e. The highest BCUT2D eigenvalue weighted by Gasteiger charge is 2.15. The van der Waals surface area contributed by atoms with Gasteiger partial charge in [0.15, 0.2) is 0 Å². The maximum absolute atomic E-state index is 11.5. The number of para-hydroxylation sites is 1. The Kier molecular flexibility index (Phi) is 8.36. The van der Waals surface area contributed by atoms with Crippen LogP contribution < -0.4 is 0 Å². The molecule has 43 heavy (non-hydrogen) atoms. The van der Waals surface area contributed by atoms with E-state index in [9.17, 15) is 5.11 Å². The molecule has 0 saturated heterocycles. The van der Waals surface area contributed by atoms with Crippen molar-refractivity contribution >= 4 is 22.8 Å². The third-order valence-electron chi connectivity index (χ3n) is 7.66. The van der Waals surface area contributed by atoms with Gasteiger partial charge in [-0.05, 0) is 114 Å². The molecule has 0 aliphatic rings. The number of phenolic OH excluding ortho intramolecular Hbond substituents is 1. The van der Waals surface area contributed by atoms with Gasteiger partial charge in [-0.15, -0.1) is 0 Å². The van der Waals surface area contributed by atoms with E-state index in [0.717, 1.165) is 56.4 Å². The van der Waals surface area contributed by atoms with Gasteiger partial charge in [-0.1, -0.05) is 53.6 Å². The monoisotopic (exact) mass is 566 g/mol. The quantitative estimate of drug-likeness (QED) is 0.208. The molecule has 0 saturated carbocycles. The summed E-state index contributed by atoms with van der Waals surface area (Å²) in [7, 11) is 0. The first-order valence-corrected chi connectivity index (χ1v) is 14.6. The third-order valence-corrected chi connectivity index (χ3v) is 7.66. The van der Waals surface area contributed by atoms with Gasteiger partial charge in [-0.25, -0.2) is 9.97 Å². The first-order chi connectivity index (χ1) is 20.5. The first kappa shape index (κ1) is 29.6. The zero-order chi connectivity index (χ0) is 30.8. The van der Waals surface area contributed by atoms with Crippen molar-refractivity contribution in [2.75, 3.05) is 0 Å². The maximum atomic E-state index is 11.5. The van der Waals surface area contributed by atoms with E-state index in [0.29, 0.717) is 22.5 Å². The molecule has 5 rings (SSSR count). The summed E-state index contributed by atoms with van der Waals surface area (Å²) in [4.78, 5) is 19.7.